The quantitative estimate of drug-likeness (QED) is 0.225. The standard InChI is InChI=1S/C19H26N4O2S.HI/c1-3-20-19(22-15-17-7-5-4-6-8-17)21-13-14-23-26(24,25)18-11-9-16(2)10-12-18;/h4-12,23H,3,13-15H2,1-2H3,(H2,20,21,22);1H. The van der Waals surface area contributed by atoms with Gasteiger partial charge in [-0.1, -0.05) is 48.0 Å². The van der Waals surface area contributed by atoms with Crippen LogP contribution >= 0.6 is 24.0 Å². The Hall–Kier alpha value is -1.65. The van der Waals surface area contributed by atoms with Crippen LogP contribution in [0.4, 0.5) is 0 Å². The van der Waals surface area contributed by atoms with E-state index in [1.54, 1.807) is 24.3 Å². The number of aliphatic imine (C=N–C) groups is 1. The highest BCUT2D eigenvalue weighted by Gasteiger charge is 2.12. The molecule has 27 heavy (non-hydrogen) atoms. The molecule has 0 spiro atoms. The fraction of sp³-hybridized carbons (Fsp3) is 0.316. The van der Waals surface area contributed by atoms with Gasteiger partial charge in [0, 0.05) is 19.6 Å². The lowest BCUT2D eigenvalue weighted by Crippen LogP contribution is -2.41. The topological polar surface area (TPSA) is 82.6 Å². The van der Waals surface area contributed by atoms with E-state index in [0.29, 0.717) is 19.0 Å². The minimum atomic E-state index is -3.49. The van der Waals surface area contributed by atoms with Crippen molar-refractivity contribution in [2.24, 2.45) is 4.99 Å². The van der Waals surface area contributed by atoms with Crippen molar-refractivity contribution in [1.29, 1.82) is 0 Å². The molecule has 0 aliphatic carbocycles. The summed E-state index contributed by atoms with van der Waals surface area (Å²) in [6, 6.07) is 16.7. The van der Waals surface area contributed by atoms with Gasteiger partial charge in [-0.05, 0) is 31.5 Å². The van der Waals surface area contributed by atoms with Crippen molar-refractivity contribution in [1.82, 2.24) is 15.4 Å². The van der Waals surface area contributed by atoms with E-state index >= 15 is 0 Å². The Labute approximate surface area is 178 Å². The number of guanidine groups is 1. The molecule has 0 aromatic heterocycles. The summed E-state index contributed by atoms with van der Waals surface area (Å²) in [5, 5.41) is 6.29. The molecule has 0 amide bonds. The van der Waals surface area contributed by atoms with E-state index in [2.05, 4.69) is 20.3 Å². The number of aryl methyl sites for hydroxylation is 1. The molecule has 0 heterocycles. The van der Waals surface area contributed by atoms with Crippen molar-refractivity contribution < 1.29 is 8.42 Å². The highest BCUT2D eigenvalue weighted by Crippen LogP contribution is 2.09. The maximum absolute atomic E-state index is 12.2. The molecular formula is C19H27IN4O2S. The second kappa shape index (κ2) is 11.9. The first kappa shape index (κ1) is 23.4. The third-order valence-corrected chi connectivity index (χ3v) is 5.12. The molecule has 0 aliphatic heterocycles. The minimum absolute atomic E-state index is 0. The number of sulfonamides is 1. The maximum Gasteiger partial charge on any atom is 0.240 e. The summed E-state index contributed by atoms with van der Waals surface area (Å²) in [6.07, 6.45) is 0. The number of hydrogen-bond acceptors (Lipinski definition) is 3. The molecule has 0 atom stereocenters. The van der Waals surface area contributed by atoms with Crippen LogP contribution in [0, 0.1) is 6.92 Å². The van der Waals surface area contributed by atoms with Gasteiger partial charge in [-0.2, -0.15) is 0 Å². The van der Waals surface area contributed by atoms with E-state index in [4.69, 9.17) is 0 Å². The fourth-order valence-corrected chi connectivity index (χ4v) is 3.29. The minimum Gasteiger partial charge on any atom is -0.357 e. The zero-order valence-corrected chi connectivity index (χ0v) is 18.8. The lowest BCUT2D eigenvalue weighted by molar-refractivity contribution is 0.580. The molecule has 0 fully saturated rings. The average Bonchev–Trinajstić information content (AvgIpc) is 2.64. The molecular weight excluding hydrogens is 475 g/mol. The highest BCUT2D eigenvalue weighted by molar-refractivity contribution is 14.0. The molecule has 6 nitrogen and oxygen atoms in total. The molecule has 2 aromatic carbocycles. The van der Waals surface area contributed by atoms with E-state index in [1.165, 1.54) is 0 Å². The Balaban J connectivity index is 0.00000364. The number of nitrogens with one attached hydrogen (secondary N) is 3. The third-order valence-electron chi connectivity index (χ3n) is 3.65. The normalized spacial score (nSPS) is 11.6. The van der Waals surface area contributed by atoms with Crippen molar-refractivity contribution in [2.75, 3.05) is 19.6 Å². The molecule has 0 bridgehead atoms. The molecule has 8 heteroatoms. The summed E-state index contributed by atoms with van der Waals surface area (Å²) in [4.78, 5) is 4.77. The first-order valence-corrected chi connectivity index (χ1v) is 10.1. The van der Waals surface area contributed by atoms with Crippen LogP contribution in [-0.4, -0.2) is 34.0 Å². The van der Waals surface area contributed by atoms with Crippen molar-refractivity contribution in [3.05, 3.63) is 65.7 Å². The zero-order valence-electron chi connectivity index (χ0n) is 15.6. The van der Waals surface area contributed by atoms with Crippen LogP contribution in [0.15, 0.2) is 64.5 Å². The molecule has 0 saturated carbocycles. The molecule has 0 saturated heterocycles. The first-order chi connectivity index (χ1) is 12.5. The summed E-state index contributed by atoms with van der Waals surface area (Å²) in [6.45, 7) is 5.91. The number of halogens is 1. The first-order valence-electron chi connectivity index (χ1n) is 8.63. The molecule has 0 radical (unpaired) electrons. The molecule has 0 unspecified atom stereocenters. The third kappa shape index (κ3) is 8.27. The summed E-state index contributed by atoms with van der Waals surface area (Å²) >= 11 is 0. The van der Waals surface area contributed by atoms with Gasteiger partial charge < -0.3 is 10.6 Å². The van der Waals surface area contributed by atoms with Crippen LogP contribution in [0.3, 0.4) is 0 Å². The summed E-state index contributed by atoms with van der Waals surface area (Å²) < 4.78 is 27.1. The molecule has 148 valence electrons. The predicted molar refractivity (Wildman–Crippen MR) is 121 cm³/mol. The van der Waals surface area contributed by atoms with E-state index in [0.717, 1.165) is 17.7 Å². The second-order valence-corrected chi connectivity index (χ2v) is 7.59. The van der Waals surface area contributed by atoms with Crippen molar-refractivity contribution in [3.8, 4) is 0 Å². The molecule has 2 rings (SSSR count). The SMILES string of the molecule is CCNC(=NCc1ccccc1)NCCNS(=O)(=O)c1ccc(C)cc1.I. The van der Waals surface area contributed by atoms with Gasteiger partial charge in [0.15, 0.2) is 5.96 Å². The second-order valence-electron chi connectivity index (χ2n) is 5.82. The summed E-state index contributed by atoms with van der Waals surface area (Å²) in [7, 11) is -3.49. The predicted octanol–water partition coefficient (Wildman–Crippen LogP) is 2.65. The zero-order chi connectivity index (χ0) is 18.8. The molecule has 2 aromatic rings. The van der Waals surface area contributed by atoms with E-state index < -0.39 is 10.0 Å². The largest absolute Gasteiger partial charge is 0.357 e. The Morgan fingerprint density at radius 1 is 0.963 bits per heavy atom. The van der Waals surface area contributed by atoms with Crippen molar-refractivity contribution >= 4 is 40.0 Å². The van der Waals surface area contributed by atoms with Gasteiger partial charge in [0.2, 0.25) is 10.0 Å². The summed E-state index contributed by atoms with van der Waals surface area (Å²) in [5.74, 6) is 0.658. The van der Waals surface area contributed by atoms with E-state index in [9.17, 15) is 8.42 Å². The monoisotopic (exact) mass is 502 g/mol. The highest BCUT2D eigenvalue weighted by atomic mass is 127. The average molecular weight is 502 g/mol. The Morgan fingerprint density at radius 3 is 2.26 bits per heavy atom. The number of hydrogen-bond donors (Lipinski definition) is 3. The van der Waals surface area contributed by atoms with E-state index in [-0.39, 0.29) is 35.4 Å². The Bertz CT molecular complexity index is 809. The van der Waals surface area contributed by atoms with Gasteiger partial charge in [0.1, 0.15) is 0 Å². The van der Waals surface area contributed by atoms with Crippen LogP contribution in [0.1, 0.15) is 18.1 Å². The van der Waals surface area contributed by atoms with Crippen LogP contribution in [0.5, 0.6) is 0 Å². The lowest BCUT2D eigenvalue weighted by Gasteiger charge is -2.12. The van der Waals surface area contributed by atoms with Crippen LogP contribution in [-0.2, 0) is 16.6 Å². The van der Waals surface area contributed by atoms with Gasteiger partial charge in [-0.3, -0.25) is 0 Å². The van der Waals surface area contributed by atoms with E-state index in [1.807, 2.05) is 44.2 Å². The van der Waals surface area contributed by atoms with Crippen LogP contribution in [0.2, 0.25) is 0 Å². The number of benzene rings is 2. The van der Waals surface area contributed by atoms with Gasteiger partial charge in [0.25, 0.3) is 0 Å². The molecule has 3 N–H and O–H groups in total. The lowest BCUT2D eigenvalue weighted by atomic mass is 10.2. The summed E-state index contributed by atoms with van der Waals surface area (Å²) in [5.41, 5.74) is 2.14. The van der Waals surface area contributed by atoms with Crippen molar-refractivity contribution in [3.63, 3.8) is 0 Å². The van der Waals surface area contributed by atoms with Gasteiger partial charge in [0.05, 0.1) is 11.4 Å². The van der Waals surface area contributed by atoms with Crippen LogP contribution in [0.25, 0.3) is 0 Å². The smallest absolute Gasteiger partial charge is 0.240 e. The molecule has 0 aliphatic rings. The number of nitrogens with zero attached hydrogens (tertiary/aromatic N) is 1. The maximum atomic E-state index is 12.2. The van der Waals surface area contributed by atoms with Gasteiger partial charge in [-0.25, -0.2) is 18.1 Å². The Morgan fingerprint density at radius 2 is 1.63 bits per heavy atom. The number of rotatable bonds is 8. The van der Waals surface area contributed by atoms with Gasteiger partial charge in [-0.15, -0.1) is 24.0 Å². The van der Waals surface area contributed by atoms with Crippen LogP contribution < -0.4 is 15.4 Å². The van der Waals surface area contributed by atoms with Gasteiger partial charge >= 0.3 is 0 Å². The Kier molecular flexibility index (Phi) is 10.3. The van der Waals surface area contributed by atoms with Crippen molar-refractivity contribution in [2.45, 2.75) is 25.3 Å². The fourth-order valence-electron chi connectivity index (χ4n) is 2.26.